The molecule has 0 spiro atoms. The summed E-state index contributed by atoms with van der Waals surface area (Å²) in [6, 6.07) is 10.0. The Bertz CT molecular complexity index is 611. The first kappa shape index (κ1) is 20.2. The first-order valence-corrected chi connectivity index (χ1v) is 11.3. The SMILES string of the molecule is CCCN(C(=O)CC1CSCCN1)C1CCN(C(=O)c2ccccc2)CC1. The second-order valence-corrected chi connectivity index (χ2v) is 8.56. The minimum atomic E-state index is 0.103. The molecule has 27 heavy (non-hydrogen) atoms. The Morgan fingerprint density at radius 3 is 2.59 bits per heavy atom. The molecule has 2 heterocycles. The summed E-state index contributed by atoms with van der Waals surface area (Å²) in [6.45, 7) is 5.39. The average molecular weight is 390 g/mol. The van der Waals surface area contributed by atoms with Crippen LogP contribution in [0.2, 0.25) is 0 Å². The molecule has 2 saturated heterocycles. The van der Waals surface area contributed by atoms with Crippen molar-refractivity contribution < 1.29 is 9.59 Å². The van der Waals surface area contributed by atoms with Crippen molar-refractivity contribution in [2.24, 2.45) is 0 Å². The summed E-state index contributed by atoms with van der Waals surface area (Å²) in [6.07, 6.45) is 3.31. The fourth-order valence-corrected chi connectivity index (χ4v) is 4.92. The Kier molecular flexibility index (Phi) is 7.59. The van der Waals surface area contributed by atoms with E-state index in [1.165, 1.54) is 0 Å². The van der Waals surface area contributed by atoms with Gasteiger partial charge in [-0.3, -0.25) is 9.59 Å². The number of piperidine rings is 1. The van der Waals surface area contributed by atoms with Gasteiger partial charge in [0.2, 0.25) is 5.91 Å². The topological polar surface area (TPSA) is 52.7 Å². The van der Waals surface area contributed by atoms with Gasteiger partial charge in [-0.15, -0.1) is 0 Å². The maximum Gasteiger partial charge on any atom is 0.253 e. The van der Waals surface area contributed by atoms with Crippen molar-refractivity contribution >= 4 is 23.6 Å². The van der Waals surface area contributed by atoms with Crippen LogP contribution in [0.15, 0.2) is 30.3 Å². The molecule has 1 N–H and O–H groups in total. The largest absolute Gasteiger partial charge is 0.340 e. The van der Waals surface area contributed by atoms with E-state index in [2.05, 4.69) is 17.1 Å². The third kappa shape index (κ3) is 5.48. The highest BCUT2D eigenvalue weighted by molar-refractivity contribution is 7.99. The summed E-state index contributed by atoms with van der Waals surface area (Å²) < 4.78 is 0. The van der Waals surface area contributed by atoms with Crippen LogP contribution in [0.25, 0.3) is 0 Å². The van der Waals surface area contributed by atoms with E-state index < -0.39 is 0 Å². The second kappa shape index (κ2) is 10.1. The number of likely N-dealkylation sites (tertiary alicyclic amines) is 1. The molecule has 1 aromatic carbocycles. The van der Waals surface area contributed by atoms with Crippen molar-refractivity contribution in [2.45, 2.75) is 44.7 Å². The number of hydrogen-bond donors (Lipinski definition) is 1. The fraction of sp³-hybridized carbons (Fsp3) is 0.619. The molecule has 5 nitrogen and oxygen atoms in total. The van der Waals surface area contributed by atoms with Crippen molar-refractivity contribution in [1.29, 1.82) is 0 Å². The first-order chi connectivity index (χ1) is 13.2. The number of nitrogens with one attached hydrogen (secondary N) is 1. The maximum atomic E-state index is 12.9. The minimum Gasteiger partial charge on any atom is -0.340 e. The predicted molar refractivity (Wildman–Crippen MR) is 111 cm³/mol. The standard InChI is InChI=1S/C21H31N3O2S/c1-2-11-24(20(25)15-18-16-27-14-10-22-18)19-8-12-23(13-9-19)21(26)17-6-4-3-5-7-17/h3-7,18-19,22H,2,8-16H2,1H3. The van der Waals surface area contributed by atoms with E-state index in [9.17, 15) is 9.59 Å². The van der Waals surface area contributed by atoms with Crippen molar-refractivity contribution in [1.82, 2.24) is 15.1 Å². The molecule has 0 aromatic heterocycles. The molecule has 6 heteroatoms. The third-order valence-electron chi connectivity index (χ3n) is 5.42. The van der Waals surface area contributed by atoms with Gasteiger partial charge in [0, 0.05) is 61.8 Å². The Morgan fingerprint density at radius 1 is 1.22 bits per heavy atom. The number of nitrogens with zero attached hydrogens (tertiary/aromatic N) is 2. The van der Waals surface area contributed by atoms with E-state index in [1.54, 1.807) is 0 Å². The Hall–Kier alpha value is -1.53. The van der Waals surface area contributed by atoms with Crippen molar-refractivity contribution in [2.75, 3.05) is 37.7 Å². The Balaban J connectivity index is 1.54. The van der Waals surface area contributed by atoms with Crippen LogP contribution in [0.1, 0.15) is 43.0 Å². The summed E-state index contributed by atoms with van der Waals surface area (Å²) in [5.74, 6) is 2.53. The predicted octanol–water partition coefficient (Wildman–Crippen LogP) is 2.62. The highest BCUT2D eigenvalue weighted by Crippen LogP contribution is 2.21. The van der Waals surface area contributed by atoms with Crippen molar-refractivity contribution in [3.8, 4) is 0 Å². The van der Waals surface area contributed by atoms with Crippen molar-refractivity contribution in [3.05, 3.63) is 35.9 Å². The van der Waals surface area contributed by atoms with E-state index in [0.29, 0.717) is 12.5 Å². The van der Waals surface area contributed by atoms with Gasteiger partial charge >= 0.3 is 0 Å². The molecule has 2 aliphatic heterocycles. The molecule has 1 aromatic rings. The highest BCUT2D eigenvalue weighted by atomic mass is 32.2. The van der Waals surface area contributed by atoms with E-state index in [1.807, 2.05) is 47.0 Å². The van der Waals surface area contributed by atoms with Crippen LogP contribution in [0.4, 0.5) is 0 Å². The van der Waals surface area contributed by atoms with Crippen LogP contribution in [0.3, 0.4) is 0 Å². The van der Waals surface area contributed by atoms with Gasteiger partial charge in [-0.05, 0) is 31.4 Å². The van der Waals surface area contributed by atoms with Gasteiger partial charge in [0.05, 0.1) is 0 Å². The molecular formula is C21H31N3O2S. The van der Waals surface area contributed by atoms with E-state index in [-0.39, 0.29) is 17.9 Å². The van der Waals surface area contributed by atoms with E-state index in [0.717, 1.165) is 62.5 Å². The second-order valence-electron chi connectivity index (χ2n) is 7.41. The molecule has 0 saturated carbocycles. The van der Waals surface area contributed by atoms with Gasteiger partial charge in [0.25, 0.3) is 5.91 Å². The van der Waals surface area contributed by atoms with Gasteiger partial charge in [-0.25, -0.2) is 0 Å². The number of benzene rings is 1. The monoisotopic (exact) mass is 389 g/mol. The summed E-state index contributed by atoms with van der Waals surface area (Å²) in [5, 5.41) is 3.47. The lowest BCUT2D eigenvalue weighted by atomic mass is 10.0. The number of hydrogen-bond acceptors (Lipinski definition) is 4. The lowest BCUT2D eigenvalue weighted by molar-refractivity contribution is -0.134. The number of carbonyl (C=O) groups is 2. The maximum absolute atomic E-state index is 12.9. The first-order valence-electron chi connectivity index (χ1n) is 10.1. The minimum absolute atomic E-state index is 0.103. The van der Waals surface area contributed by atoms with Gasteiger partial charge in [-0.1, -0.05) is 25.1 Å². The summed E-state index contributed by atoms with van der Waals surface area (Å²) in [7, 11) is 0. The van der Waals surface area contributed by atoms with Crippen LogP contribution in [0, 0.1) is 0 Å². The summed E-state index contributed by atoms with van der Waals surface area (Å²) in [5.41, 5.74) is 0.748. The smallest absolute Gasteiger partial charge is 0.253 e. The number of amides is 2. The molecule has 3 rings (SSSR count). The average Bonchev–Trinajstić information content (AvgIpc) is 2.73. The molecule has 0 radical (unpaired) electrons. The fourth-order valence-electron chi connectivity index (χ4n) is 3.97. The zero-order chi connectivity index (χ0) is 19.1. The lowest BCUT2D eigenvalue weighted by Crippen LogP contribution is -2.50. The molecule has 0 aliphatic carbocycles. The molecule has 0 bridgehead atoms. The van der Waals surface area contributed by atoms with Crippen LogP contribution in [-0.4, -0.2) is 71.4 Å². The summed E-state index contributed by atoms with van der Waals surface area (Å²) >= 11 is 1.93. The highest BCUT2D eigenvalue weighted by Gasteiger charge is 2.30. The molecule has 2 aliphatic rings. The number of carbonyl (C=O) groups excluding carboxylic acids is 2. The number of rotatable bonds is 6. The summed E-state index contributed by atoms with van der Waals surface area (Å²) in [4.78, 5) is 29.6. The molecular weight excluding hydrogens is 358 g/mol. The van der Waals surface area contributed by atoms with Gasteiger partial charge in [-0.2, -0.15) is 11.8 Å². The normalized spacial score (nSPS) is 21.1. The zero-order valence-electron chi connectivity index (χ0n) is 16.2. The zero-order valence-corrected chi connectivity index (χ0v) is 17.0. The van der Waals surface area contributed by atoms with Gasteiger partial charge < -0.3 is 15.1 Å². The quantitative estimate of drug-likeness (QED) is 0.813. The Labute approximate surface area is 166 Å². The lowest BCUT2D eigenvalue weighted by Gasteiger charge is -2.39. The van der Waals surface area contributed by atoms with Gasteiger partial charge in [0.1, 0.15) is 0 Å². The van der Waals surface area contributed by atoms with Crippen LogP contribution in [0.5, 0.6) is 0 Å². The van der Waals surface area contributed by atoms with Crippen LogP contribution >= 0.6 is 11.8 Å². The molecule has 1 unspecified atom stereocenters. The third-order valence-corrected chi connectivity index (χ3v) is 6.55. The Morgan fingerprint density at radius 2 is 1.96 bits per heavy atom. The van der Waals surface area contributed by atoms with E-state index >= 15 is 0 Å². The molecule has 2 fully saturated rings. The van der Waals surface area contributed by atoms with Crippen LogP contribution in [-0.2, 0) is 4.79 Å². The molecule has 148 valence electrons. The molecule has 2 amide bonds. The van der Waals surface area contributed by atoms with Crippen molar-refractivity contribution in [3.63, 3.8) is 0 Å². The van der Waals surface area contributed by atoms with E-state index in [4.69, 9.17) is 0 Å². The molecule has 1 atom stereocenters. The van der Waals surface area contributed by atoms with Crippen LogP contribution < -0.4 is 5.32 Å². The van der Waals surface area contributed by atoms with Gasteiger partial charge in [0.15, 0.2) is 0 Å². The number of thioether (sulfide) groups is 1.